The van der Waals surface area contributed by atoms with Crippen LogP contribution in [0.15, 0.2) is 30.6 Å². The lowest BCUT2D eigenvalue weighted by Crippen LogP contribution is -2.59. The van der Waals surface area contributed by atoms with Crippen LogP contribution in [0.1, 0.15) is 76.8 Å². The number of imidazole rings is 1. The Labute approximate surface area is 247 Å². The summed E-state index contributed by atoms with van der Waals surface area (Å²) in [6, 6.07) is 9.96. The van der Waals surface area contributed by atoms with Crippen molar-refractivity contribution in [2.24, 2.45) is 0 Å². The summed E-state index contributed by atoms with van der Waals surface area (Å²) < 4.78 is 16.4. The van der Waals surface area contributed by atoms with E-state index in [-0.39, 0.29) is 18.0 Å². The summed E-state index contributed by atoms with van der Waals surface area (Å²) in [5, 5.41) is 7.13. The van der Waals surface area contributed by atoms with Gasteiger partial charge in [0, 0.05) is 42.0 Å². The number of fused-ring (bicyclic) bond motifs is 3. The Hall–Kier alpha value is -3.04. The predicted octanol–water partition coefficient (Wildman–Crippen LogP) is 5.19. The van der Waals surface area contributed by atoms with Crippen molar-refractivity contribution in [3.63, 3.8) is 0 Å². The highest BCUT2D eigenvalue weighted by molar-refractivity contribution is 6.09. The lowest BCUT2D eigenvalue weighted by atomic mass is 9.74. The Morgan fingerprint density at radius 2 is 1.90 bits per heavy atom. The lowest BCUT2D eigenvalue weighted by molar-refractivity contribution is -0.125. The normalized spacial score (nSPS) is 27.6. The number of alkyl halides is 1. The molecule has 2 saturated heterocycles. The molecule has 3 aliphatic heterocycles. The number of piperidine rings is 2. The number of rotatable bonds is 6. The van der Waals surface area contributed by atoms with Crippen LogP contribution in [-0.2, 0) is 10.2 Å². The van der Waals surface area contributed by atoms with Crippen LogP contribution in [0.4, 0.5) is 15.9 Å². The van der Waals surface area contributed by atoms with Gasteiger partial charge in [-0.25, -0.2) is 14.4 Å². The topological polar surface area (TPSA) is 78.3 Å². The molecular weight excluding hydrogens is 529 g/mol. The number of nitrogens with one attached hydrogen (secondary N) is 2. The maximum absolute atomic E-state index is 14.4. The van der Waals surface area contributed by atoms with Crippen LogP contribution in [-0.4, -0.2) is 75.8 Å². The molecular formula is C33H42FN7O. The monoisotopic (exact) mass is 571 g/mol. The number of pyridine rings is 1. The van der Waals surface area contributed by atoms with Crippen molar-refractivity contribution in [2.45, 2.75) is 101 Å². The van der Waals surface area contributed by atoms with Crippen LogP contribution in [0.3, 0.4) is 0 Å². The minimum absolute atomic E-state index is 0.162. The van der Waals surface area contributed by atoms with Crippen molar-refractivity contribution in [1.29, 1.82) is 0 Å². The van der Waals surface area contributed by atoms with Crippen LogP contribution in [0.5, 0.6) is 0 Å². The van der Waals surface area contributed by atoms with Crippen molar-refractivity contribution >= 4 is 28.4 Å². The maximum Gasteiger partial charge on any atom is 0.238 e. The van der Waals surface area contributed by atoms with E-state index in [9.17, 15) is 9.18 Å². The Balaban J connectivity index is 1.16. The van der Waals surface area contributed by atoms with E-state index in [0.717, 1.165) is 85.5 Å². The molecule has 8 nitrogen and oxygen atoms in total. The third-order valence-corrected chi connectivity index (χ3v) is 10.5. The molecule has 5 heterocycles. The molecule has 4 fully saturated rings. The second-order valence-electron chi connectivity index (χ2n) is 13.6. The zero-order valence-corrected chi connectivity index (χ0v) is 24.8. The van der Waals surface area contributed by atoms with Gasteiger partial charge >= 0.3 is 0 Å². The van der Waals surface area contributed by atoms with Crippen LogP contribution in [0.2, 0.25) is 0 Å². The number of carbonyl (C=O) groups is 1. The maximum atomic E-state index is 14.4. The largest absolute Gasteiger partial charge is 0.366 e. The number of benzene rings is 1. The van der Waals surface area contributed by atoms with Gasteiger partial charge in [-0.1, -0.05) is 12.1 Å². The third-order valence-electron chi connectivity index (χ3n) is 10.5. The van der Waals surface area contributed by atoms with Crippen LogP contribution >= 0.6 is 0 Å². The molecule has 3 aromatic rings. The van der Waals surface area contributed by atoms with Crippen LogP contribution < -0.4 is 15.5 Å². The van der Waals surface area contributed by atoms with E-state index in [0.29, 0.717) is 25.0 Å². The number of nitrogens with zero attached hydrogens (tertiary/aromatic N) is 5. The highest BCUT2D eigenvalue weighted by Gasteiger charge is 2.55. The van der Waals surface area contributed by atoms with Gasteiger partial charge in [-0.15, -0.1) is 0 Å². The zero-order valence-electron chi connectivity index (χ0n) is 24.8. The fourth-order valence-electron chi connectivity index (χ4n) is 7.92. The first-order chi connectivity index (χ1) is 20.4. The van der Waals surface area contributed by atoms with E-state index < -0.39 is 11.6 Å². The Kier molecular flexibility index (Phi) is 6.34. The van der Waals surface area contributed by atoms with E-state index in [1.54, 1.807) is 0 Å². The van der Waals surface area contributed by atoms with Crippen molar-refractivity contribution < 1.29 is 9.18 Å². The van der Waals surface area contributed by atoms with Crippen molar-refractivity contribution in [3.05, 3.63) is 36.2 Å². The van der Waals surface area contributed by atoms with E-state index in [4.69, 9.17) is 9.97 Å². The Bertz CT molecular complexity index is 1520. The highest BCUT2D eigenvalue weighted by Crippen LogP contribution is 2.51. The number of hydrogen-bond acceptors (Lipinski definition) is 6. The summed E-state index contributed by atoms with van der Waals surface area (Å²) in [4.78, 5) is 28.8. The fourth-order valence-corrected chi connectivity index (χ4v) is 7.92. The summed E-state index contributed by atoms with van der Waals surface area (Å²) in [7, 11) is 0. The zero-order chi connectivity index (χ0) is 28.6. The number of likely N-dealkylation sites (tertiary alicyclic amines) is 1. The summed E-state index contributed by atoms with van der Waals surface area (Å²) >= 11 is 0. The van der Waals surface area contributed by atoms with E-state index >= 15 is 0 Å². The van der Waals surface area contributed by atoms with Gasteiger partial charge in [0.15, 0.2) is 5.82 Å². The minimum Gasteiger partial charge on any atom is -0.366 e. The van der Waals surface area contributed by atoms with E-state index in [1.807, 2.05) is 6.33 Å². The van der Waals surface area contributed by atoms with Gasteiger partial charge in [0.25, 0.3) is 0 Å². The average Bonchev–Trinajstić information content (AvgIpc) is 3.63. The quantitative estimate of drug-likeness (QED) is 0.424. The molecule has 9 heteroatoms. The van der Waals surface area contributed by atoms with Gasteiger partial charge in [-0.2, -0.15) is 0 Å². The molecule has 0 unspecified atom stereocenters. The molecule has 5 aliphatic rings. The molecule has 2 saturated carbocycles. The van der Waals surface area contributed by atoms with Gasteiger partial charge in [0.2, 0.25) is 5.91 Å². The minimum atomic E-state index is -0.719. The smallest absolute Gasteiger partial charge is 0.238 e. The van der Waals surface area contributed by atoms with E-state index in [2.05, 4.69) is 63.1 Å². The molecule has 2 aliphatic carbocycles. The van der Waals surface area contributed by atoms with Gasteiger partial charge in [0.1, 0.15) is 11.7 Å². The highest BCUT2D eigenvalue weighted by atomic mass is 19.1. The number of anilines is 2. The summed E-state index contributed by atoms with van der Waals surface area (Å²) in [5.41, 5.74) is 5.67. The first kappa shape index (κ1) is 26.6. The van der Waals surface area contributed by atoms with Gasteiger partial charge in [-0.3, -0.25) is 9.69 Å². The molecule has 0 radical (unpaired) electrons. The number of halogens is 1. The van der Waals surface area contributed by atoms with Crippen molar-refractivity contribution in [2.75, 3.05) is 36.4 Å². The van der Waals surface area contributed by atoms with Crippen LogP contribution in [0, 0.1) is 0 Å². The first-order valence-electron chi connectivity index (χ1n) is 16.1. The molecule has 2 N–H and O–H groups in total. The second-order valence-corrected chi connectivity index (χ2v) is 13.6. The summed E-state index contributed by atoms with van der Waals surface area (Å²) in [5.74, 6) is 1.16. The SMILES string of the molecule is CC(C)n1cnc2cc(-c3ccc4c(c3)N([C@H]3C[C@@H](N5CCC[C@@H](F)C5)C3)C(=O)C43CCNCC3)nc(NC3CC3)c21. The molecule has 42 heavy (non-hydrogen) atoms. The lowest BCUT2D eigenvalue weighted by Gasteiger charge is -2.48. The molecule has 222 valence electrons. The molecule has 8 rings (SSSR count). The summed E-state index contributed by atoms with van der Waals surface area (Å²) in [6.45, 7) is 7.56. The standard InChI is InChI=1S/C33H42FN7O/c1-20(2)40-19-36-28-17-27(38-31(30(28)40)37-23-6-7-23)21-5-8-26-29(14-21)41(32(42)33(26)9-11-35-12-10-33)25-15-24(16-25)39-13-3-4-22(34)18-39/h5,8,14,17,19-20,22-25,35H,3-4,6-7,9-13,15-16,18H2,1-2H3,(H,37,38)/t22-,24-,25+/m1/s1. The number of carbonyl (C=O) groups excluding carboxylic acids is 1. The molecule has 1 atom stereocenters. The van der Waals surface area contributed by atoms with Gasteiger partial charge in [-0.05, 0) is 103 Å². The van der Waals surface area contributed by atoms with Gasteiger partial charge in [0.05, 0.1) is 23.0 Å². The van der Waals surface area contributed by atoms with Crippen LogP contribution in [0.25, 0.3) is 22.3 Å². The Morgan fingerprint density at radius 1 is 1.10 bits per heavy atom. The van der Waals surface area contributed by atoms with Gasteiger partial charge < -0.3 is 20.1 Å². The molecule has 2 aromatic heterocycles. The average molecular weight is 572 g/mol. The number of hydrogen-bond donors (Lipinski definition) is 2. The van der Waals surface area contributed by atoms with Crippen molar-refractivity contribution in [3.8, 4) is 11.3 Å². The second kappa shape index (κ2) is 10.0. The fraction of sp³-hybridized carbons (Fsp3) is 0.606. The number of amides is 1. The molecule has 1 aromatic carbocycles. The molecule has 1 spiro atoms. The molecule has 0 bridgehead atoms. The summed E-state index contributed by atoms with van der Waals surface area (Å²) in [6.07, 6.45) is 8.64. The van der Waals surface area contributed by atoms with Crippen molar-refractivity contribution in [1.82, 2.24) is 24.8 Å². The number of aromatic nitrogens is 3. The predicted molar refractivity (Wildman–Crippen MR) is 164 cm³/mol. The third kappa shape index (κ3) is 4.26. The van der Waals surface area contributed by atoms with E-state index in [1.165, 1.54) is 18.4 Å². The molecule has 1 amide bonds. The Morgan fingerprint density at radius 3 is 2.64 bits per heavy atom. The first-order valence-corrected chi connectivity index (χ1v) is 16.1.